The molecule has 0 aliphatic carbocycles. The quantitative estimate of drug-likeness (QED) is 0.746. The first kappa shape index (κ1) is 14.7. The highest BCUT2D eigenvalue weighted by Gasteiger charge is 2.12. The van der Waals surface area contributed by atoms with Crippen LogP contribution in [-0.4, -0.2) is 20.3 Å². The number of aryl methyl sites for hydroxylation is 3. The lowest BCUT2D eigenvalue weighted by Gasteiger charge is -2.02. The number of thiazole rings is 1. The summed E-state index contributed by atoms with van der Waals surface area (Å²) >= 11 is 1.54. The van der Waals surface area contributed by atoms with Crippen LogP contribution in [0.15, 0.2) is 35.5 Å². The molecule has 0 atom stereocenters. The molecule has 0 bridgehead atoms. The van der Waals surface area contributed by atoms with E-state index in [1.54, 1.807) is 16.9 Å². The molecule has 0 fully saturated rings. The minimum atomic E-state index is -0.250. The first-order valence-corrected chi connectivity index (χ1v) is 8.15. The number of hydrogen-bond donors (Lipinski definition) is 0. The molecule has 0 spiro atoms. The largest absolute Gasteiger partial charge is 0.319 e. The zero-order valence-corrected chi connectivity index (χ0v) is 13.7. The van der Waals surface area contributed by atoms with Gasteiger partial charge >= 0.3 is 0 Å². The summed E-state index contributed by atoms with van der Waals surface area (Å²) in [5.74, 6) is -0.250. The van der Waals surface area contributed by atoms with Gasteiger partial charge in [-0.05, 0) is 31.0 Å². The minimum absolute atomic E-state index is 0.250. The number of amides is 1. The normalized spacial score (nSPS) is 12.2. The van der Waals surface area contributed by atoms with Crippen LogP contribution in [0.25, 0.3) is 10.2 Å². The Kier molecular flexibility index (Phi) is 3.94. The molecule has 0 aliphatic rings. The molecule has 0 radical (unpaired) electrons. The molecule has 0 aliphatic heterocycles. The Morgan fingerprint density at radius 1 is 1.32 bits per heavy atom. The van der Waals surface area contributed by atoms with Gasteiger partial charge in [-0.25, -0.2) is 0 Å². The van der Waals surface area contributed by atoms with Crippen molar-refractivity contribution in [2.45, 2.75) is 26.8 Å². The molecule has 0 N–H and O–H groups in total. The van der Waals surface area contributed by atoms with E-state index in [1.165, 1.54) is 16.9 Å². The average molecular weight is 314 g/mol. The van der Waals surface area contributed by atoms with Crippen molar-refractivity contribution < 1.29 is 4.79 Å². The Labute approximate surface area is 132 Å². The standard InChI is InChI=1S/C16H18N4OS/c1-4-11-7-6-8-13-14(11)19(3)16(22-13)18-15(21)12-9-10-17-20(12)5-2/h6-10H,4-5H2,1-3H3. The SMILES string of the molecule is CCc1cccc2sc(=NC(=O)c3ccnn3CC)n(C)c12. The van der Waals surface area contributed by atoms with E-state index in [-0.39, 0.29) is 5.91 Å². The van der Waals surface area contributed by atoms with Crippen molar-refractivity contribution >= 4 is 27.5 Å². The molecule has 1 aromatic carbocycles. The first-order valence-electron chi connectivity index (χ1n) is 7.34. The van der Waals surface area contributed by atoms with Crippen molar-refractivity contribution in [3.05, 3.63) is 46.5 Å². The molecule has 3 aromatic rings. The fourth-order valence-electron chi connectivity index (χ4n) is 2.59. The lowest BCUT2D eigenvalue weighted by molar-refractivity contribution is 0.0988. The molecule has 2 aromatic heterocycles. The third kappa shape index (κ3) is 2.39. The number of aromatic nitrogens is 3. The van der Waals surface area contributed by atoms with E-state index in [9.17, 15) is 4.79 Å². The van der Waals surface area contributed by atoms with Crippen molar-refractivity contribution in [1.29, 1.82) is 0 Å². The van der Waals surface area contributed by atoms with E-state index >= 15 is 0 Å². The summed E-state index contributed by atoms with van der Waals surface area (Å²) in [7, 11) is 1.96. The summed E-state index contributed by atoms with van der Waals surface area (Å²) in [6.45, 7) is 4.74. The lowest BCUT2D eigenvalue weighted by atomic mass is 10.1. The Morgan fingerprint density at radius 3 is 2.86 bits per heavy atom. The third-order valence-electron chi connectivity index (χ3n) is 3.72. The maximum absolute atomic E-state index is 12.4. The monoisotopic (exact) mass is 314 g/mol. The van der Waals surface area contributed by atoms with Gasteiger partial charge in [0.25, 0.3) is 5.91 Å². The maximum atomic E-state index is 12.4. The lowest BCUT2D eigenvalue weighted by Crippen LogP contribution is -2.16. The van der Waals surface area contributed by atoms with E-state index in [4.69, 9.17) is 0 Å². The summed E-state index contributed by atoms with van der Waals surface area (Å²) in [4.78, 5) is 17.4. The van der Waals surface area contributed by atoms with Crippen LogP contribution >= 0.6 is 11.3 Å². The van der Waals surface area contributed by atoms with Crippen LogP contribution in [-0.2, 0) is 20.0 Å². The number of fused-ring (bicyclic) bond motifs is 1. The van der Waals surface area contributed by atoms with Gasteiger partial charge in [0.15, 0.2) is 4.80 Å². The summed E-state index contributed by atoms with van der Waals surface area (Å²) in [6.07, 6.45) is 2.59. The number of benzene rings is 1. The Bertz CT molecular complexity index is 900. The molecule has 22 heavy (non-hydrogen) atoms. The van der Waals surface area contributed by atoms with Crippen LogP contribution in [0.2, 0.25) is 0 Å². The molecule has 114 valence electrons. The zero-order valence-electron chi connectivity index (χ0n) is 12.9. The van der Waals surface area contributed by atoms with Crippen molar-refractivity contribution in [2.75, 3.05) is 0 Å². The molecule has 0 saturated heterocycles. The van der Waals surface area contributed by atoms with Crippen molar-refractivity contribution in [3.8, 4) is 0 Å². The van der Waals surface area contributed by atoms with Gasteiger partial charge in [0.05, 0.1) is 10.2 Å². The highest BCUT2D eigenvalue weighted by atomic mass is 32.1. The molecule has 3 rings (SSSR count). The van der Waals surface area contributed by atoms with Gasteiger partial charge in [-0.3, -0.25) is 9.48 Å². The minimum Gasteiger partial charge on any atom is -0.319 e. The highest BCUT2D eigenvalue weighted by molar-refractivity contribution is 7.16. The van der Waals surface area contributed by atoms with Crippen molar-refractivity contribution in [1.82, 2.24) is 14.3 Å². The predicted octanol–water partition coefficient (Wildman–Crippen LogP) is 2.76. The topological polar surface area (TPSA) is 52.2 Å². The molecule has 5 nitrogen and oxygen atoms in total. The van der Waals surface area contributed by atoms with Crippen molar-refractivity contribution in [2.24, 2.45) is 12.0 Å². The van der Waals surface area contributed by atoms with Crippen LogP contribution in [0.5, 0.6) is 0 Å². The number of hydrogen-bond acceptors (Lipinski definition) is 3. The summed E-state index contributed by atoms with van der Waals surface area (Å²) in [5, 5.41) is 4.12. The van der Waals surface area contributed by atoms with Gasteiger partial charge in [-0.15, -0.1) is 0 Å². The van der Waals surface area contributed by atoms with Crippen LogP contribution in [0.1, 0.15) is 29.9 Å². The zero-order chi connectivity index (χ0) is 15.7. The van der Waals surface area contributed by atoms with Gasteiger partial charge in [-0.2, -0.15) is 10.1 Å². The van der Waals surface area contributed by atoms with Gasteiger partial charge in [0.1, 0.15) is 5.69 Å². The Morgan fingerprint density at radius 2 is 2.14 bits per heavy atom. The highest BCUT2D eigenvalue weighted by Crippen LogP contribution is 2.21. The van der Waals surface area contributed by atoms with Crippen molar-refractivity contribution in [3.63, 3.8) is 0 Å². The van der Waals surface area contributed by atoms with Gasteiger partial charge in [-0.1, -0.05) is 30.4 Å². The fraction of sp³-hybridized carbons (Fsp3) is 0.312. The van der Waals surface area contributed by atoms with E-state index < -0.39 is 0 Å². The van der Waals surface area contributed by atoms with Crippen LogP contribution in [0, 0.1) is 0 Å². The first-order chi connectivity index (χ1) is 10.7. The number of carbonyl (C=O) groups excluding carboxylic acids is 1. The molecular weight excluding hydrogens is 296 g/mol. The summed E-state index contributed by atoms with van der Waals surface area (Å²) < 4.78 is 4.82. The van der Waals surface area contributed by atoms with Crippen LogP contribution in [0.3, 0.4) is 0 Å². The third-order valence-corrected chi connectivity index (χ3v) is 4.82. The molecule has 0 unspecified atom stereocenters. The summed E-state index contributed by atoms with van der Waals surface area (Å²) in [6, 6.07) is 7.95. The summed E-state index contributed by atoms with van der Waals surface area (Å²) in [5.41, 5.74) is 2.95. The molecule has 2 heterocycles. The second-order valence-electron chi connectivity index (χ2n) is 5.01. The second kappa shape index (κ2) is 5.88. The number of carbonyl (C=O) groups is 1. The molecule has 1 amide bonds. The predicted molar refractivity (Wildman–Crippen MR) is 88.0 cm³/mol. The van der Waals surface area contributed by atoms with E-state index in [1.807, 2.05) is 18.5 Å². The van der Waals surface area contributed by atoms with Gasteiger partial charge in [0, 0.05) is 19.8 Å². The molecule has 6 heteroatoms. The fourth-order valence-corrected chi connectivity index (χ4v) is 3.65. The van der Waals surface area contributed by atoms with Gasteiger partial charge in [0.2, 0.25) is 0 Å². The molecule has 0 saturated carbocycles. The number of nitrogens with zero attached hydrogens (tertiary/aromatic N) is 4. The number of rotatable bonds is 3. The average Bonchev–Trinajstić information content (AvgIpc) is 3.12. The van der Waals surface area contributed by atoms with Gasteiger partial charge < -0.3 is 4.57 Å². The van der Waals surface area contributed by atoms with E-state index in [2.05, 4.69) is 35.2 Å². The number of para-hydroxylation sites is 1. The second-order valence-corrected chi connectivity index (χ2v) is 6.02. The Balaban J connectivity index is 2.14. The van der Waals surface area contributed by atoms with E-state index in [0.29, 0.717) is 17.0 Å². The van der Waals surface area contributed by atoms with E-state index in [0.717, 1.165) is 16.6 Å². The smallest absolute Gasteiger partial charge is 0.297 e. The van der Waals surface area contributed by atoms with Crippen LogP contribution in [0.4, 0.5) is 0 Å². The van der Waals surface area contributed by atoms with Crippen LogP contribution < -0.4 is 4.80 Å². The Hall–Kier alpha value is -2.21. The maximum Gasteiger partial charge on any atom is 0.297 e. The molecular formula is C16H18N4OS.